The first kappa shape index (κ1) is 15.4. The zero-order chi connectivity index (χ0) is 14.8. The number of nitrogens with zero attached hydrogens (tertiary/aromatic N) is 1. The summed E-state index contributed by atoms with van der Waals surface area (Å²) in [6.07, 6.45) is 6.51. The number of rotatable bonds is 3. The van der Waals surface area contributed by atoms with E-state index in [1.807, 2.05) is 25.7 Å². The van der Waals surface area contributed by atoms with Crippen LogP contribution in [-0.4, -0.2) is 41.9 Å². The molecule has 2 heterocycles. The Balaban J connectivity index is 2.08. The largest absolute Gasteiger partial charge is 0.444 e. The summed E-state index contributed by atoms with van der Waals surface area (Å²) in [6, 6.07) is 0.185. The van der Waals surface area contributed by atoms with Gasteiger partial charge in [0.25, 0.3) is 0 Å². The van der Waals surface area contributed by atoms with Crippen LogP contribution in [0.25, 0.3) is 0 Å². The molecule has 2 atom stereocenters. The van der Waals surface area contributed by atoms with Crippen LogP contribution in [0.5, 0.6) is 0 Å². The molecule has 1 fully saturated rings. The van der Waals surface area contributed by atoms with E-state index in [1.165, 1.54) is 18.4 Å². The van der Waals surface area contributed by atoms with Crippen LogP contribution < -0.4 is 0 Å². The van der Waals surface area contributed by atoms with Crippen molar-refractivity contribution < 1.29 is 14.3 Å². The second-order valence-electron chi connectivity index (χ2n) is 6.78. The normalized spacial score (nSPS) is 26.2. The maximum atomic E-state index is 12.4. The molecule has 20 heavy (non-hydrogen) atoms. The van der Waals surface area contributed by atoms with Crippen LogP contribution in [0.4, 0.5) is 4.79 Å². The fourth-order valence-electron chi connectivity index (χ4n) is 2.87. The maximum absolute atomic E-state index is 12.4. The van der Waals surface area contributed by atoms with Crippen molar-refractivity contribution in [3.63, 3.8) is 0 Å². The minimum Gasteiger partial charge on any atom is -0.444 e. The number of amides is 1. The highest BCUT2D eigenvalue weighted by molar-refractivity contribution is 5.70. The highest BCUT2D eigenvalue weighted by Gasteiger charge is 2.39. The summed E-state index contributed by atoms with van der Waals surface area (Å²) in [6.45, 7) is 9.14. The second kappa shape index (κ2) is 6.17. The van der Waals surface area contributed by atoms with Crippen molar-refractivity contribution >= 4 is 6.09 Å². The van der Waals surface area contributed by atoms with E-state index in [4.69, 9.17) is 9.47 Å². The van der Waals surface area contributed by atoms with E-state index < -0.39 is 5.60 Å². The van der Waals surface area contributed by atoms with Crippen molar-refractivity contribution in [2.24, 2.45) is 0 Å². The summed E-state index contributed by atoms with van der Waals surface area (Å²) in [5.41, 5.74) is 1.03. The lowest BCUT2D eigenvalue weighted by Gasteiger charge is -2.44. The number of fused-ring (bicyclic) bond motifs is 2. The Morgan fingerprint density at radius 3 is 2.80 bits per heavy atom. The van der Waals surface area contributed by atoms with Crippen molar-refractivity contribution in [2.75, 3.05) is 13.2 Å². The first-order valence-electron chi connectivity index (χ1n) is 7.69. The molecular formula is C16H27NO3. The third-order valence-electron chi connectivity index (χ3n) is 3.73. The van der Waals surface area contributed by atoms with Gasteiger partial charge in [0.2, 0.25) is 0 Å². The van der Waals surface area contributed by atoms with E-state index in [-0.39, 0.29) is 18.2 Å². The molecule has 0 radical (unpaired) electrons. The van der Waals surface area contributed by atoms with Gasteiger partial charge in [0.05, 0.1) is 25.3 Å². The number of unbranched alkanes of at least 4 members (excludes halogenated alkanes) is 1. The summed E-state index contributed by atoms with van der Waals surface area (Å²) in [5.74, 6) is 0. The smallest absolute Gasteiger partial charge is 0.411 e. The van der Waals surface area contributed by atoms with Gasteiger partial charge in [0, 0.05) is 0 Å². The van der Waals surface area contributed by atoms with Gasteiger partial charge in [-0.05, 0) is 40.0 Å². The van der Waals surface area contributed by atoms with E-state index in [1.54, 1.807) is 0 Å². The summed E-state index contributed by atoms with van der Waals surface area (Å²) in [5, 5.41) is 0. The number of ether oxygens (including phenoxy) is 2. The summed E-state index contributed by atoms with van der Waals surface area (Å²) in [4.78, 5) is 14.2. The van der Waals surface area contributed by atoms with E-state index in [0.29, 0.717) is 13.2 Å². The average Bonchev–Trinajstić information content (AvgIpc) is 2.32. The number of carbonyl (C=O) groups excluding carboxylic acids is 1. The highest BCUT2D eigenvalue weighted by atomic mass is 16.6. The molecule has 4 nitrogen and oxygen atoms in total. The van der Waals surface area contributed by atoms with Gasteiger partial charge < -0.3 is 9.47 Å². The molecule has 2 aliphatic heterocycles. The Bertz CT molecular complexity index is 384. The Hall–Kier alpha value is -1.03. The van der Waals surface area contributed by atoms with E-state index in [2.05, 4.69) is 13.0 Å². The molecule has 4 heteroatoms. The Labute approximate surface area is 122 Å². The minimum absolute atomic E-state index is 0.0456. The topological polar surface area (TPSA) is 38.8 Å². The third-order valence-corrected chi connectivity index (χ3v) is 3.73. The molecule has 2 aliphatic rings. The molecule has 1 saturated heterocycles. The lowest BCUT2D eigenvalue weighted by atomic mass is 9.91. The lowest BCUT2D eigenvalue weighted by molar-refractivity contribution is -0.0538. The maximum Gasteiger partial charge on any atom is 0.411 e. The van der Waals surface area contributed by atoms with Gasteiger partial charge in [-0.2, -0.15) is 0 Å². The highest BCUT2D eigenvalue weighted by Crippen LogP contribution is 2.30. The van der Waals surface area contributed by atoms with Crippen molar-refractivity contribution in [2.45, 2.75) is 71.1 Å². The van der Waals surface area contributed by atoms with E-state index in [0.717, 1.165) is 12.8 Å². The molecule has 0 aromatic rings. The molecule has 0 spiro atoms. The van der Waals surface area contributed by atoms with Crippen molar-refractivity contribution in [3.8, 4) is 0 Å². The minimum atomic E-state index is -0.446. The van der Waals surface area contributed by atoms with Crippen molar-refractivity contribution in [1.82, 2.24) is 4.90 Å². The third kappa shape index (κ3) is 3.75. The van der Waals surface area contributed by atoms with Gasteiger partial charge in [0.15, 0.2) is 0 Å². The van der Waals surface area contributed by atoms with Gasteiger partial charge in [0.1, 0.15) is 5.60 Å². The first-order chi connectivity index (χ1) is 9.40. The summed E-state index contributed by atoms with van der Waals surface area (Å²) >= 11 is 0. The zero-order valence-corrected chi connectivity index (χ0v) is 13.1. The Kier molecular flexibility index (Phi) is 4.74. The van der Waals surface area contributed by atoms with Gasteiger partial charge in [-0.1, -0.05) is 25.0 Å². The predicted molar refractivity (Wildman–Crippen MR) is 78.7 cm³/mol. The van der Waals surface area contributed by atoms with Crippen molar-refractivity contribution in [1.29, 1.82) is 0 Å². The van der Waals surface area contributed by atoms with Crippen molar-refractivity contribution in [3.05, 3.63) is 11.6 Å². The Morgan fingerprint density at radius 1 is 1.45 bits per heavy atom. The van der Waals surface area contributed by atoms with E-state index >= 15 is 0 Å². The zero-order valence-electron chi connectivity index (χ0n) is 13.1. The number of morpholine rings is 1. The fraction of sp³-hybridized carbons (Fsp3) is 0.812. The lowest BCUT2D eigenvalue weighted by Crippen LogP contribution is -2.57. The van der Waals surface area contributed by atoms with Gasteiger partial charge >= 0.3 is 6.09 Å². The van der Waals surface area contributed by atoms with Gasteiger partial charge in [-0.15, -0.1) is 0 Å². The van der Waals surface area contributed by atoms with Crippen LogP contribution in [0.3, 0.4) is 0 Å². The van der Waals surface area contributed by atoms with Crippen LogP contribution in [-0.2, 0) is 9.47 Å². The predicted octanol–water partition coefficient (Wildman–Crippen LogP) is 3.51. The second-order valence-corrected chi connectivity index (χ2v) is 6.78. The molecular weight excluding hydrogens is 254 g/mol. The number of hydrogen-bond acceptors (Lipinski definition) is 3. The molecule has 0 saturated carbocycles. The van der Waals surface area contributed by atoms with Crippen LogP contribution >= 0.6 is 0 Å². The van der Waals surface area contributed by atoms with Crippen LogP contribution in [0.15, 0.2) is 11.6 Å². The molecule has 1 amide bonds. The molecule has 2 rings (SSSR count). The number of carbonyl (C=O) groups is 1. The quantitative estimate of drug-likeness (QED) is 0.743. The summed E-state index contributed by atoms with van der Waals surface area (Å²) < 4.78 is 11.1. The molecule has 0 aromatic heterocycles. The average molecular weight is 281 g/mol. The first-order valence-corrected chi connectivity index (χ1v) is 7.69. The molecule has 2 bridgehead atoms. The van der Waals surface area contributed by atoms with Crippen LogP contribution in [0, 0.1) is 0 Å². The SMILES string of the molecule is CCCCC1=CC2COCC(C1)N2C(=O)OC(C)(C)C. The Morgan fingerprint density at radius 2 is 2.20 bits per heavy atom. The molecule has 0 aromatic carbocycles. The van der Waals surface area contributed by atoms with E-state index in [9.17, 15) is 4.79 Å². The van der Waals surface area contributed by atoms with Crippen LogP contribution in [0.2, 0.25) is 0 Å². The summed E-state index contributed by atoms with van der Waals surface area (Å²) in [7, 11) is 0. The van der Waals surface area contributed by atoms with Gasteiger partial charge in [-0.3, -0.25) is 4.90 Å². The van der Waals surface area contributed by atoms with Crippen LogP contribution in [0.1, 0.15) is 53.4 Å². The number of hydrogen-bond donors (Lipinski definition) is 0. The monoisotopic (exact) mass is 281 g/mol. The molecule has 2 unspecified atom stereocenters. The molecule has 0 N–H and O–H groups in total. The fourth-order valence-corrected chi connectivity index (χ4v) is 2.87. The molecule has 0 aliphatic carbocycles. The standard InChI is InChI=1S/C16H27NO3/c1-5-6-7-12-8-13-10-19-11-14(9-12)17(13)15(18)20-16(2,3)4/h8,13-14H,5-7,9-11H2,1-4H3. The van der Waals surface area contributed by atoms with Gasteiger partial charge in [-0.25, -0.2) is 4.79 Å². The molecule has 114 valence electrons.